The second kappa shape index (κ2) is 5.02. The Balaban J connectivity index is 3.49. The summed E-state index contributed by atoms with van der Waals surface area (Å²) >= 11 is 0. The van der Waals surface area contributed by atoms with Gasteiger partial charge in [0.25, 0.3) is 0 Å². The van der Waals surface area contributed by atoms with Crippen LogP contribution in [-0.2, 0) is 8.87 Å². The average Bonchev–Trinajstić information content (AvgIpc) is 1.89. The highest BCUT2D eigenvalue weighted by Gasteiger charge is 2.05. The number of unbranched alkanes of at least 4 members (excludes halogenated alkanes) is 2. The molecule has 0 radical (unpaired) electrons. The smallest absolute Gasteiger partial charge is 0.201 e. The summed E-state index contributed by atoms with van der Waals surface area (Å²) in [7, 11) is -1.83. The summed E-state index contributed by atoms with van der Waals surface area (Å²) in [6, 6.07) is 0. The van der Waals surface area contributed by atoms with Gasteiger partial charge in [-0.2, -0.15) is 0 Å². The molecule has 0 saturated heterocycles. The molecule has 2 nitrogen and oxygen atoms in total. The second-order valence-electron chi connectivity index (χ2n) is 2.14. The Morgan fingerprint density at radius 1 is 1.30 bits per heavy atom. The summed E-state index contributed by atoms with van der Waals surface area (Å²) in [5, 5.41) is 0. The molecule has 0 aliphatic carbocycles. The molecule has 0 amide bonds. The predicted molar refractivity (Wildman–Crippen MR) is 46.8 cm³/mol. The van der Waals surface area contributed by atoms with Crippen LogP contribution in [0.4, 0.5) is 0 Å². The van der Waals surface area contributed by atoms with Crippen LogP contribution in [0, 0.1) is 0 Å². The monoisotopic (exact) mass is 182 g/mol. The molecule has 0 aromatic heterocycles. The Bertz CT molecular complexity index is 161. The van der Waals surface area contributed by atoms with E-state index in [4.69, 9.17) is 0 Å². The molecular weight excluding hydrogens is 168 g/mol. The minimum Gasteiger partial charge on any atom is -0.217 e. The van der Waals surface area contributed by atoms with E-state index in [0.29, 0.717) is 5.75 Å². The molecule has 0 aliphatic heterocycles. The summed E-state index contributed by atoms with van der Waals surface area (Å²) in [5.74, 6) is 0.335. The van der Waals surface area contributed by atoms with Crippen molar-refractivity contribution in [2.45, 2.75) is 26.2 Å². The van der Waals surface area contributed by atoms with Crippen molar-refractivity contribution in [3.63, 3.8) is 0 Å². The van der Waals surface area contributed by atoms with Gasteiger partial charge in [-0.15, -0.1) is 0 Å². The lowest BCUT2D eigenvalue weighted by Gasteiger charge is -1.97. The van der Waals surface area contributed by atoms with Gasteiger partial charge in [0.1, 0.15) is 0 Å². The van der Waals surface area contributed by atoms with Crippen LogP contribution in [0.25, 0.3) is 0 Å². The summed E-state index contributed by atoms with van der Waals surface area (Å²) < 4.78 is 21.7. The lowest BCUT2D eigenvalue weighted by Crippen LogP contribution is -1.99. The van der Waals surface area contributed by atoms with Crippen molar-refractivity contribution >= 4 is 19.7 Å². The van der Waals surface area contributed by atoms with Crippen molar-refractivity contribution in [2.75, 3.05) is 12.0 Å². The zero-order chi connectivity index (χ0) is 8.04. The van der Waals surface area contributed by atoms with Crippen LogP contribution in [0.3, 0.4) is 0 Å². The van der Waals surface area contributed by atoms with Gasteiger partial charge in [-0.3, -0.25) is 0 Å². The molecule has 0 aliphatic rings. The largest absolute Gasteiger partial charge is 0.217 e. The maximum atomic E-state index is 10.8. The summed E-state index contributed by atoms with van der Waals surface area (Å²) in [6.45, 7) is 2.06. The highest BCUT2D eigenvalue weighted by molar-refractivity contribution is 8.71. The molecule has 62 valence electrons. The molecule has 0 spiro atoms. The Morgan fingerprint density at radius 3 is 2.30 bits per heavy atom. The first-order valence-corrected chi connectivity index (χ1v) is 6.80. The molecule has 0 rings (SSSR count). The van der Waals surface area contributed by atoms with Crippen LogP contribution in [-0.4, -0.2) is 20.4 Å². The quantitative estimate of drug-likeness (QED) is 0.481. The van der Waals surface area contributed by atoms with E-state index in [1.54, 1.807) is 6.26 Å². The van der Waals surface area contributed by atoms with Crippen LogP contribution in [0.15, 0.2) is 0 Å². The molecule has 0 unspecified atom stereocenters. The van der Waals surface area contributed by atoms with Gasteiger partial charge in [-0.05, 0) is 23.5 Å². The zero-order valence-electron chi connectivity index (χ0n) is 6.46. The highest BCUT2D eigenvalue weighted by Crippen LogP contribution is 2.10. The average molecular weight is 182 g/mol. The van der Waals surface area contributed by atoms with E-state index in [0.717, 1.165) is 30.1 Å². The molecule has 10 heavy (non-hydrogen) atoms. The van der Waals surface area contributed by atoms with Gasteiger partial charge in [-0.25, -0.2) is 8.42 Å². The van der Waals surface area contributed by atoms with E-state index in [2.05, 4.69) is 6.92 Å². The Kier molecular flexibility index (Phi) is 5.17. The molecule has 4 heteroatoms. The molecule has 0 aromatic carbocycles. The molecule has 0 aromatic rings. The maximum Gasteiger partial charge on any atom is 0.201 e. The van der Waals surface area contributed by atoms with E-state index in [9.17, 15) is 8.42 Å². The maximum absolute atomic E-state index is 10.8. The number of hydrogen-bond donors (Lipinski definition) is 0. The van der Waals surface area contributed by atoms with Gasteiger partial charge in [0, 0.05) is 0 Å². The topological polar surface area (TPSA) is 34.1 Å². The van der Waals surface area contributed by atoms with Crippen LogP contribution < -0.4 is 0 Å². The third-order valence-electron chi connectivity index (χ3n) is 1.25. The van der Waals surface area contributed by atoms with E-state index in [-0.39, 0.29) is 0 Å². The Labute approximate surface area is 66.7 Å². The van der Waals surface area contributed by atoms with Gasteiger partial charge in [0.2, 0.25) is 8.87 Å². The fraction of sp³-hybridized carbons (Fsp3) is 1.00. The number of rotatable bonds is 5. The SMILES string of the molecule is CCCCCS(=O)(=O)SC. The Morgan fingerprint density at radius 2 is 1.90 bits per heavy atom. The highest BCUT2D eigenvalue weighted by atomic mass is 33.1. The molecule has 0 saturated carbocycles. The second-order valence-corrected chi connectivity index (χ2v) is 6.52. The Hall–Kier alpha value is 0.300. The lowest BCUT2D eigenvalue weighted by molar-refractivity contribution is 0.605. The van der Waals surface area contributed by atoms with Gasteiger partial charge in [0.05, 0.1) is 5.75 Å². The van der Waals surface area contributed by atoms with Gasteiger partial charge in [0.15, 0.2) is 0 Å². The molecular formula is C6H14O2S2. The van der Waals surface area contributed by atoms with Crippen LogP contribution in [0.2, 0.25) is 0 Å². The van der Waals surface area contributed by atoms with E-state index in [1.807, 2.05) is 0 Å². The molecule has 0 fully saturated rings. The molecule has 0 N–H and O–H groups in total. The van der Waals surface area contributed by atoms with Gasteiger partial charge < -0.3 is 0 Å². The normalized spacial score (nSPS) is 11.8. The first-order chi connectivity index (χ1) is 4.62. The summed E-state index contributed by atoms with van der Waals surface area (Å²) in [6.07, 6.45) is 4.50. The first-order valence-electron chi connectivity index (χ1n) is 3.40. The zero-order valence-corrected chi connectivity index (χ0v) is 8.09. The minimum atomic E-state index is -2.78. The molecule has 0 atom stereocenters. The van der Waals surface area contributed by atoms with Gasteiger partial charge >= 0.3 is 0 Å². The minimum absolute atomic E-state index is 0.335. The summed E-state index contributed by atoms with van der Waals surface area (Å²) in [5.41, 5.74) is 0. The van der Waals surface area contributed by atoms with Crippen LogP contribution in [0.5, 0.6) is 0 Å². The van der Waals surface area contributed by atoms with Crippen LogP contribution in [0.1, 0.15) is 26.2 Å². The standard InChI is InChI=1S/C6H14O2S2/c1-3-4-5-6-10(7,8)9-2/h3-6H2,1-2H3. The fourth-order valence-electron chi connectivity index (χ4n) is 0.612. The lowest BCUT2D eigenvalue weighted by atomic mass is 10.3. The van der Waals surface area contributed by atoms with Crippen molar-refractivity contribution < 1.29 is 8.42 Å². The van der Waals surface area contributed by atoms with Crippen molar-refractivity contribution in [1.82, 2.24) is 0 Å². The van der Waals surface area contributed by atoms with Crippen molar-refractivity contribution in [2.24, 2.45) is 0 Å². The van der Waals surface area contributed by atoms with Crippen LogP contribution >= 0.6 is 10.8 Å². The molecule has 0 bridgehead atoms. The van der Waals surface area contributed by atoms with Crippen molar-refractivity contribution in [3.05, 3.63) is 0 Å². The number of hydrogen-bond acceptors (Lipinski definition) is 3. The fourth-order valence-corrected chi connectivity index (χ4v) is 2.19. The van der Waals surface area contributed by atoms with Crippen molar-refractivity contribution in [1.29, 1.82) is 0 Å². The summed E-state index contributed by atoms with van der Waals surface area (Å²) in [4.78, 5) is 0. The third kappa shape index (κ3) is 5.11. The van der Waals surface area contributed by atoms with E-state index < -0.39 is 8.87 Å². The first kappa shape index (κ1) is 10.3. The third-order valence-corrected chi connectivity index (χ3v) is 4.57. The van der Waals surface area contributed by atoms with Gasteiger partial charge in [-0.1, -0.05) is 19.8 Å². The van der Waals surface area contributed by atoms with Crippen molar-refractivity contribution in [3.8, 4) is 0 Å². The predicted octanol–water partition coefficient (Wildman–Crippen LogP) is 1.87. The van der Waals surface area contributed by atoms with E-state index in [1.165, 1.54) is 0 Å². The van der Waals surface area contributed by atoms with E-state index >= 15 is 0 Å². The molecule has 0 heterocycles.